The summed E-state index contributed by atoms with van der Waals surface area (Å²) >= 11 is 0. The highest BCUT2D eigenvalue weighted by atomic mass is 16.2. The van der Waals surface area contributed by atoms with E-state index in [2.05, 4.69) is 33.0 Å². The number of aryl methyl sites for hydroxylation is 3. The maximum Gasteiger partial charge on any atom is 0.273 e. The van der Waals surface area contributed by atoms with E-state index in [1.54, 1.807) is 10.9 Å². The van der Waals surface area contributed by atoms with E-state index in [9.17, 15) is 4.79 Å². The van der Waals surface area contributed by atoms with Crippen LogP contribution in [0.4, 0.5) is 0 Å². The van der Waals surface area contributed by atoms with Gasteiger partial charge in [-0.1, -0.05) is 18.6 Å². The second-order valence-electron chi connectivity index (χ2n) is 7.36. The van der Waals surface area contributed by atoms with Crippen LogP contribution in [0.1, 0.15) is 66.5 Å². The van der Waals surface area contributed by atoms with Crippen molar-refractivity contribution < 1.29 is 4.79 Å². The molecule has 3 heterocycles. The zero-order valence-corrected chi connectivity index (χ0v) is 16.7. The minimum absolute atomic E-state index is 0.195. The van der Waals surface area contributed by atoms with Gasteiger partial charge in [-0.3, -0.25) is 14.2 Å². The average molecular weight is 374 g/mol. The number of amides is 1. The van der Waals surface area contributed by atoms with Gasteiger partial charge in [-0.15, -0.1) is 5.10 Å². The first-order valence-electron chi connectivity index (χ1n) is 10.0. The summed E-state index contributed by atoms with van der Waals surface area (Å²) in [6.07, 6.45) is 7.55. The normalized spacial score (nSPS) is 17.2. The Morgan fingerprint density at radius 1 is 1.33 bits per heavy atom. The van der Waals surface area contributed by atoms with Crippen molar-refractivity contribution in [2.45, 2.75) is 78.6 Å². The number of nitrogens with one attached hydrogen (secondary N) is 2. The number of piperidine rings is 1. The van der Waals surface area contributed by atoms with Gasteiger partial charge in [0.25, 0.3) is 5.91 Å². The van der Waals surface area contributed by atoms with Crippen LogP contribution in [0.2, 0.25) is 0 Å². The molecule has 2 aromatic heterocycles. The van der Waals surface area contributed by atoms with Crippen LogP contribution in [0.25, 0.3) is 0 Å². The molecule has 0 radical (unpaired) electrons. The van der Waals surface area contributed by atoms with Crippen LogP contribution in [0, 0.1) is 13.8 Å². The van der Waals surface area contributed by atoms with Crippen LogP contribution in [-0.4, -0.2) is 43.3 Å². The Morgan fingerprint density at radius 3 is 2.93 bits per heavy atom. The minimum Gasteiger partial charge on any atom is -0.346 e. The van der Waals surface area contributed by atoms with Gasteiger partial charge in [0.15, 0.2) is 5.69 Å². The molecule has 148 valence electrons. The third kappa shape index (κ3) is 4.94. The number of aromatic nitrogens is 5. The third-order valence-corrected chi connectivity index (χ3v) is 5.28. The van der Waals surface area contributed by atoms with Crippen molar-refractivity contribution in [1.29, 1.82) is 0 Å². The fourth-order valence-electron chi connectivity index (χ4n) is 3.65. The standard InChI is InChI=1S/C19H31N7O/c1-4-10-26-15(3)17(14(2)23-26)12-21-19(27)18-13-25(24-22-18)11-8-16-7-5-6-9-20-16/h13,16,20H,4-12H2,1-3H3,(H,21,27)/t16-/m0/s1. The molecule has 1 saturated heterocycles. The Bertz CT molecular complexity index is 758. The highest BCUT2D eigenvalue weighted by Gasteiger charge is 2.16. The number of hydrogen-bond donors (Lipinski definition) is 2. The summed E-state index contributed by atoms with van der Waals surface area (Å²) in [4.78, 5) is 12.4. The number of carbonyl (C=O) groups excluding carboxylic acids is 1. The lowest BCUT2D eigenvalue weighted by Crippen LogP contribution is -2.34. The molecule has 1 amide bonds. The summed E-state index contributed by atoms with van der Waals surface area (Å²) in [5, 5.41) is 19.2. The topological polar surface area (TPSA) is 89.7 Å². The molecular weight excluding hydrogens is 342 g/mol. The molecule has 0 aliphatic carbocycles. The molecule has 2 N–H and O–H groups in total. The SMILES string of the molecule is CCCn1nc(C)c(CNC(=O)c2cn(CC[C@@H]3CCCCN3)nn2)c1C. The predicted molar refractivity (Wildman–Crippen MR) is 103 cm³/mol. The first-order chi connectivity index (χ1) is 13.1. The Labute approximate surface area is 160 Å². The molecule has 0 bridgehead atoms. The molecule has 1 atom stereocenters. The van der Waals surface area contributed by atoms with Crippen molar-refractivity contribution in [2.24, 2.45) is 0 Å². The fourth-order valence-corrected chi connectivity index (χ4v) is 3.65. The fraction of sp³-hybridized carbons (Fsp3) is 0.684. The summed E-state index contributed by atoms with van der Waals surface area (Å²) in [5.41, 5.74) is 3.51. The van der Waals surface area contributed by atoms with E-state index in [0.717, 1.165) is 49.4 Å². The molecule has 0 saturated carbocycles. The van der Waals surface area contributed by atoms with E-state index < -0.39 is 0 Å². The maximum atomic E-state index is 12.4. The monoisotopic (exact) mass is 373 g/mol. The van der Waals surface area contributed by atoms with Crippen LogP contribution in [0.15, 0.2) is 6.20 Å². The Hall–Kier alpha value is -2.22. The average Bonchev–Trinajstić information content (AvgIpc) is 3.25. The van der Waals surface area contributed by atoms with Gasteiger partial charge < -0.3 is 10.6 Å². The first-order valence-corrected chi connectivity index (χ1v) is 10.0. The van der Waals surface area contributed by atoms with Gasteiger partial charge in [-0.25, -0.2) is 0 Å². The first kappa shape index (κ1) is 19.5. The zero-order chi connectivity index (χ0) is 19.2. The molecule has 0 unspecified atom stereocenters. The molecule has 2 aromatic rings. The number of carbonyl (C=O) groups is 1. The lowest BCUT2D eigenvalue weighted by atomic mass is 10.0. The highest BCUT2D eigenvalue weighted by Crippen LogP contribution is 2.14. The minimum atomic E-state index is -0.195. The van der Waals surface area contributed by atoms with E-state index in [1.807, 2.05) is 18.5 Å². The molecule has 0 aromatic carbocycles. The molecule has 8 nitrogen and oxygen atoms in total. The lowest BCUT2D eigenvalue weighted by Gasteiger charge is -2.23. The van der Waals surface area contributed by atoms with E-state index in [0.29, 0.717) is 18.3 Å². The molecule has 0 spiro atoms. The van der Waals surface area contributed by atoms with E-state index in [-0.39, 0.29) is 5.91 Å². The van der Waals surface area contributed by atoms with E-state index >= 15 is 0 Å². The van der Waals surface area contributed by atoms with Crippen molar-refractivity contribution >= 4 is 5.91 Å². The Morgan fingerprint density at radius 2 is 2.19 bits per heavy atom. The summed E-state index contributed by atoms with van der Waals surface area (Å²) in [6, 6.07) is 0.547. The second-order valence-corrected chi connectivity index (χ2v) is 7.36. The lowest BCUT2D eigenvalue weighted by molar-refractivity contribution is 0.0945. The van der Waals surface area contributed by atoms with Crippen LogP contribution >= 0.6 is 0 Å². The molecule has 3 rings (SSSR count). The van der Waals surface area contributed by atoms with Gasteiger partial charge in [-0.05, 0) is 46.1 Å². The summed E-state index contributed by atoms with van der Waals surface area (Å²) in [6.45, 7) is 9.39. The van der Waals surface area contributed by atoms with E-state index in [4.69, 9.17) is 0 Å². The van der Waals surface area contributed by atoms with Crippen LogP contribution in [0.3, 0.4) is 0 Å². The predicted octanol–water partition coefficient (Wildman–Crippen LogP) is 1.96. The Balaban J connectivity index is 1.52. The second kappa shape index (κ2) is 9.12. The van der Waals surface area contributed by atoms with Gasteiger partial charge in [0.2, 0.25) is 0 Å². The van der Waals surface area contributed by atoms with Gasteiger partial charge in [0, 0.05) is 36.9 Å². The number of hydrogen-bond acceptors (Lipinski definition) is 5. The van der Waals surface area contributed by atoms with Crippen molar-refractivity contribution in [3.63, 3.8) is 0 Å². The van der Waals surface area contributed by atoms with Crippen molar-refractivity contribution in [1.82, 2.24) is 35.4 Å². The van der Waals surface area contributed by atoms with Crippen molar-refractivity contribution in [3.8, 4) is 0 Å². The quantitative estimate of drug-likeness (QED) is 0.738. The van der Waals surface area contributed by atoms with Crippen molar-refractivity contribution in [2.75, 3.05) is 6.54 Å². The number of nitrogens with zero attached hydrogens (tertiary/aromatic N) is 5. The molecule has 1 aliphatic heterocycles. The summed E-state index contributed by atoms with van der Waals surface area (Å²) < 4.78 is 3.77. The highest BCUT2D eigenvalue weighted by molar-refractivity contribution is 5.91. The molecule has 1 aliphatic rings. The Kier molecular flexibility index (Phi) is 6.60. The summed E-state index contributed by atoms with van der Waals surface area (Å²) in [7, 11) is 0. The maximum absolute atomic E-state index is 12.4. The van der Waals surface area contributed by atoms with Gasteiger partial charge in [-0.2, -0.15) is 5.10 Å². The zero-order valence-electron chi connectivity index (χ0n) is 16.7. The van der Waals surface area contributed by atoms with Gasteiger partial charge in [0.1, 0.15) is 0 Å². The van der Waals surface area contributed by atoms with Crippen LogP contribution in [0.5, 0.6) is 0 Å². The van der Waals surface area contributed by atoms with Crippen molar-refractivity contribution in [3.05, 3.63) is 28.8 Å². The van der Waals surface area contributed by atoms with E-state index in [1.165, 1.54) is 19.3 Å². The van der Waals surface area contributed by atoms with Gasteiger partial charge in [0.05, 0.1) is 11.9 Å². The van der Waals surface area contributed by atoms with Crippen LogP contribution in [-0.2, 0) is 19.6 Å². The molecular formula is C19H31N7O. The molecule has 27 heavy (non-hydrogen) atoms. The third-order valence-electron chi connectivity index (χ3n) is 5.28. The molecule has 8 heteroatoms. The van der Waals surface area contributed by atoms with Crippen LogP contribution < -0.4 is 10.6 Å². The largest absolute Gasteiger partial charge is 0.346 e. The molecule has 1 fully saturated rings. The van der Waals surface area contributed by atoms with Gasteiger partial charge >= 0.3 is 0 Å². The summed E-state index contributed by atoms with van der Waals surface area (Å²) in [5.74, 6) is -0.195. The smallest absolute Gasteiger partial charge is 0.273 e. The number of rotatable bonds is 8.